The van der Waals surface area contributed by atoms with E-state index in [4.69, 9.17) is 30.4 Å². The van der Waals surface area contributed by atoms with E-state index >= 15 is 0 Å². The standard InChI is InChI=1S/C10H10BrNO2.C6H6BrNO.C6H11BrO2.CH2O3.2K.H/c1-10(2)9(13)12-7-4-3-6(11)5-8(7)14-10;7-4-1-2-5(8)6(9)3-4;1-4-9-5(8)6(2,3)7;2-1-4-3;;;/h3-5H,1-2H3,(H,12,13);1-3,9H,8H2;4H2,1-3H3;1,3H;;;/q;;;;2*+1;-1/p-1. The SMILES string of the molecule is CC1(C)Oc2cc(Br)ccc2NC1=O.CCOC(=O)C(C)(C)Br.Nc1ccc(Br)cc1O.O=CO[O-].[H-].[K+].[K+]. The van der Waals surface area contributed by atoms with Gasteiger partial charge in [-0.05, 0) is 71.0 Å². The number of phenols is 1. The van der Waals surface area contributed by atoms with Gasteiger partial charge >= 0.3 is 109 Å². The molecule has 0 fully saturated rings. The molecule has 2 aromatic carbocycles. The number of rotatable bonds is 3. The largest absolute Gasteiger partial charge is 1.00 e. The quantitative estimate of drug-likeness (QED) is 0.0497. The first-order valence-electron chi connectivity index (χ1n) is 10.2. The van der Waals surface area contributed by atoms with E-state index in [1.807, 2.05) is 18.2 Å². The Hall–Kier alpha value is 0.923. The molecule has 202 valence electrons. The van der Waals surface area contributed by atoms with E-state index in [2.05, 4.69) is 58.0 Å². The number of ether oxygens (including phenoxy) is 2. The van der Waals surface area contributed by atoms with Gasteiger partial charge in [0.05, 0.1) is 18.0 Å². The fourth-order valence-corrected chi connectivity index (χ4v) is 2.90. The van der Waals surface area contributed by atoms with Crippen LogP contribution < -0.4 is 124 Å². The number of carbonyl (C=O) groups excluding carboxylic acids is 3. The number of aromatic hydroxyl groups is 1. The van der Waals surface area contributed by atoms with Crippen molar-refractivity contribution < 1.29 is 143 Å². The molecule has 0 spiro atoms. The molecule has 1 amide bonds. The summed E-state index contributed by atoms with van der Waals surface area (Å²) >= 11 is 9.70. The van der Waals surface area contributed by atoms with Crippen LogP contribution in [0.15, 0.2) is 45.3 Å². The van der Waals surface area contributed by atoms with E-state index in [-0.39, 0.29) is 128 Å². The summed E-state index contributed by atoms with van der Waals surface area (Å²) in [4.78, 5) is 33.6. The van der Waals surface area contributed by atoms with Crippen LogP contribution in [0.5, 0.6) is 11.5 Å². The third-order valence-electron chi connectivity index (χ3n) is 3.90. The zero-order valence-electron chi connectivity index (χ0n) is 23.3. The number of fused-ring (bicyclic) bond motifs is 1. The molecule has 0 aromatic heterocycles. The molecule has 0 unspecified atom stereocenters. The summed E-state index contributed by atoms with van der Waals surface area (Å²) in [5.41, 5.74) is 5.64. The Bertz CT molecular complexity index is 1040. The van der Waals surface area contributed by atoms with Crippen molar-refractivity contribution >= 4 is 77.5 Å². The molecule has 0 bridgehead atoms. The Balaban J connectivity index is -0.000000219. The molecule has 3 rings (SSSR count). The number of nitrogen functional groups attached to an aromatic ring is 1. The van der Waals surface area contributed by atoms with Gasteiger partial charge in [0, 0.05) is 8.95 Å². The molecular weight excluding hydrogens is 750 g/mol. The molecule has 0 saturated heterocycles. The van der Waals surface area contributed by atoms with E-state index < -0.39 is 9.93 Å². The number of nitrogens with two attached hydrogens (primary N) is 1. The Morgan fingerprint density at radius 1 is 1.21 bits per heavy atom. The number of esters is 1. The minimum absolute atomic E-state index is 0. The Morgan fingerprint density at radius 2 is 1.71 bits per heavy atom. The topological polar surface area (TPSA) is 160 Å². The molecule has 38 heavy (non-hydrogen) atoms. The first-order valence-corrected chi connectivity index (χ1v) is 12.6. The van der Waals surface area contributed by atoms with Gasteiger partial charge in [0.1, 0.15) is 15.8 Å². The number of anilines is 2. The number of hydrogen-bond acceptors (Lipinski definition) is 9. The Morgan fingerprint density at radius 3 is 2.11 bits per heavy atom. The number of amides is 1. The summed E-state index contributed by atoms with van der Waals surface area (Å²) in [6.45, 7) is 9.04. The zero-order valence-corrected chi connectivity index (χ0v) is 33.3. The van der Waals surface area contributed by atoms with Gasteiger partial charge in [0.15, 0.2) is 5.60 Å². The van der Waals surface area contributed by atoms with Gasteiger partial charge < -0.3 is 37.2 Å². The molecular formula is C23H29Br3K2N2O8. The van der Waals surface area contributed by atoms with Crippen molar-refractivity contribution in [1.82, 2.24) is 0 Å². The van der Waals surface area contributed by atoms with Crippen LogP contribution in [-0.2, 0) is 24.0 Å². The predicted octanol–water partition coefficient (Wildman–Crippen LogP) is -1.43. The third-order valence-corrected chi connectivity index (χ3v) is 5.21. The number of phenolic OH excluding ortho intramolecular Hbond substituents is 1. The summed E-state index contributed by atoms with van der Waals surface area (Å²) in [6.07, 6.45) is 0. The second-order valence-electron chi connectivity index (χ2n) is 7.80. The third kappa shape index (κ3) is 17.7. The summed E-state index contributed by atoms with van der Waals surface area (Å²) in [6, 6.07) is 10.5. The molecule has 0 aliphatic carbocycles. The van der Waals surface area contributed by atoms with Crippen LogP contribution in [0.3, 0.4) is 0 Å². The average molecular weight is 779 g/mol. The molecule has 1 aliphatic rings. The van der Waals surface area contributed by atoms with E-state index in [0.29, 0.717) is 18.0 Å². The fourth-order valence-electron chi connectivity index (χ4n) is 2.10. The van der Waals surface area contributed by atoms with Crippen LogP contribution in [0.1, 0.15) is 36.0 Å². The van der Waals surface area contributed by atoms with Gasteiger partial charge in [-0.3, -0.25) is 14.4 Å². The van der Waals surface area contributed by atoms with Crippen molar-refractivity contribution in [2.45, 2.75) is 44.5 Å². The molecule has 4 N–H and O–H groups in total. The first kappa shape index (κ1) is 43.4. The summed E-state index contributed by atoms with van der Waals surface area (Å²) in [5.74, 6) is 0.477. The van der Waals surface area contributed by atoms with Crippen molar-refractivity contribution in [1.29, 1.82) is 0 Å². The number of hydrogen-bond donors (Lipinski definition) is 3. The van der Waals surface area contributed by atoms with Crippen LogP contribution in [0.4, 0.5) is 11.4 Å². The van der Waals surface area contributed by atoms with Crippen molar-refractivity contribution in [3.8, 4) is 11.5 Å². The van der Waals surface area contributed by atoms with E-state index in [9.17, 15) is 9.59 Å². The van der Waals surface area contributed by atoms with Crippen LogP contribution in [0, 0.1) is 0 Å². The molecule has 1 heterocycles. The minimum Gasteiger partial charge on any atom is -1.00 e. The van der Waals surface area contributed by atoms with Crippen LogP contribution in [-0.4, -0.2) is 40.0 Å². The van der Waals surface area contributed by atoms with Gasteiger partial charge in [0.25, 0.3) is 12.4 Å². The van der Waals surface area contributed by atoms with Gasteiger partial charge in [-0.1, -0.05) is 47.8 Å². The molecule has 0 atom stereocenters. The van der Waals surface area contributed by atoms with Crippen molar-refractivity contribution in [2.24, 2.45) is 0 Å². The summed E-state index contributed by atoms with van der Waals surface area (Å²) in [7, 11) is 0. The number of benzene rings is 2. The summed E-state index contributed by atoms with van der Waals surface area (Å²) in [5, 5.41) is 20.2. The maximum Gasteiger partial charge on any atom is 1.00 e. The predicted molar refractivity (Wildman–Crippen MR) is 146 cm³/mol. The van der Waals surface area contributed by atoms with E-state index in [1.165, 1.54) is 0 Å². The molecule has 1 aliphatic heterocycles. The van der Waals surface area contributed by atoms with Gasteiger partial charge in [-0.25, -0.2) is 0 Å². The fraction of sp³-hybridized carbons (Fsp3) is 0.348. The van der Waals surface area contributed by atoms with Crippen LogP contribution in [0.25, 0.3) is 0 Å². The van der Waals surface area contributed by atoms with Gasteiger partial charge in [-0.2, -0.15) is 0 Å². The minimum atomic E-state index is -0.798. The molecule has 0 radical (unpaired) electrons. The van der Waals surface area contributed by atoms with Crippen LogP contribution >= 0.6 is 47.8 Å². The molecule has 0 saturated carbocycles. The van der Waals surface area contributed by atoms with Crippen molar-refractivity contribution in [3.63, 3.8) is 0 Å². The number of halogens is 3. The van der Waals surface area contributed by atoms with Crippen molar-refractivity contribution in [2.75, 3.05) is 17.7 Å². The zero-order chi connectivity index (χ0) is 28.1. The second kappa shape index (κ2) is 21.6. The van der Waals surface area contributed by atoms with Gasteiger partial charge in [0.2, 0.25) is 0 Å². The molecule has 2 aromatic rings. The molecule has 10 nitrogen and oxygen atoms in total. The average Bonchev–Trinajstić information content (AvgIpc) is 2.78. The number of alkyl halides is 1. The van der Waals surface area contributed by atoms with Crippen molar-refractivity contribution in [3.05, 3.63) is 45.3 Å². The van der Waals surface area contributed by atoms with E-state index in [0.717, 1.165) is 14.6 Å². The second-order valence-corrected chi connectivity index (χ2v) is 11.6. The maximum atomic E-state index is 11.5. The number of carbonyl (C=O) groups is 3. The Kier molecular flexibility index (Phi) is 24.7. The summed E-state index contributed by atoms with van der Waals surface area (Å²) < 4.78 is 11.5. The van der Waals surface area contributed by atoms with Gasteiger partial charge in [-0.15, -0.1) is 0 Å². The first-order chi connectivity index (χ1) is 16.6. The van der Waals surface area contributed by atoms with Crippen LogP contribution in [0.2, 0.25) is 0 Å². The monoisotopic (exact) mass is 776 g/mol. The normalized spacial score (nSPS) is 12.1. The Labute approximate surface area is 334 Å². The molecule has 15 heteroatoms. The maximum absolute atomic E-state index is 11.5. The smallest absolute Gasteiger partial charge is 1.00 e. The number of nitrogens with one attached hydrogen (secondary N) is 1. The van der Waals surface area contributed by atoms with E-state index in [1.54, 1.807) is 52.8 Å².